The van der Waals surface area contributed by atoms with Gasteiger partial charge in [-0.1, -0.05) is 0 Å². The van der Waals surface area contributed by atoms with Crippen molar-refractivity contribution < 1.29 is 4.79 Å². The van der Waals surface area contributed by atoms with E-state index in [9.17, 15) is 10.1 Å². The Hall–Kier alpha value is -3.23. The maximum Gasteiger partial charge on any atom is 0.323 e. The van der Waals surface area contributed by atoms with Crippen LogP contribution in [0.1, 0.15) is 24.2 Å². The van der Waals surface area contributed by atoms with Crippen molar-refractivity contribution >= 4 is 39.4 Å². The van der Waals surface area contributed by atoms with E-state index < -0.39 is 0 Å². The number of H-pyrrole nitrogens is 1. The second kappa shape index (κ2) is 8.37. The van der Waals surface area contributed by atoms with Crippen molar-refractivity contribution in [2.24, 2.45) is 11.8 Å². The Morgan fingerprint density at radius 3 is 2.88 bits per heavy atom. The summed E-state index contributed by atoms with van der Waals surface area (Å²) in [4.78, 5) is 28.4. The summed E-state index contributed by atoms with van der Waals surface area (Å²) in [5.74, 6) is 1.61. The zero-order valence-corrected chi connectivity index (χ0v) is 18.8. The van der Waals surface area contributed by atoms with Gasteiger partial charge < -0.3 is 20.1 Å². The minimum Gasteiger partial charge on any atom is -0.381 e. The first kappa shape index (κ1) is 20.7. The minimum absolute atomic E-state index is 0.105. The number of hydrogen-bond acceptors (Lipinski definition) is 8. The first-order chi connectivity index (χ1) is 15.5. The van der Waals surface area contributed by atoms with Crippen LogP contribution in [-0.4, -0.2) is 68.4 Å². The molecule has 5 rings (SSSR count). The van der Waals surface area contributed by atoms with Gasteiger partial charge in [-0.05, 0) is 44.8 Å². The molecular weight excluding hydrogens is 426 g/mol. The highest BCUT2D eigenvalue weighted by atomic mass is 32.1. The second-order valence-corrected chi connectivity index (χ2v) is 9.57. The summed E-state index contributed by atoms with van der Waals surface area (Å²) in [6.45, 7) is 2.12. The van der Waals surface area contributed by atoms with Crippen LogP contribution >= 0.6 is 11.5 Å². The van der Waals surface area contributed by atoms with Crippen molar-refractivity contribution in [3.63, 3.8) is 0 Å². The van der Waals surface area contributed by atoms with E-state index in [0.717, 1.165) is 42.7 Å². The van der Waals surface area contributed by atoms with Gasteiger partial charge in [-0.2, -0.15) is 9.64 Å². The molecule has 3 N–H and O–H groups in total. The predicted molar refractivity (Wildman–Crippen MR) is 122 cm³/mol. The van der Waals surface area contributed by atoms with Gasteiger partial charge in [-0.25, -0.2) is 14.8 Å². The van der Waals surface area contributed by atoms with Crippen LogP contribution in [0.5, 0.6) is 0 Å². The van der Waals surface area contributed by atoms with E-state index in [-0.39, 0.29) is 12.1 Å². The number of fused-ring (bicyclic) bond motifs is 2. The number of amides is 2. The maximum absolute atomic E-state index is 12.7. The molecule has 166 valence electrons. The number of nitrogens with zero attached hydrogens (tertiary/aromatic N) is 6. The molecule has 3 aromatic rings. The molecule has 2 fully saturated rings. The largest absolute Gasteiger partial charge is 0.381 e. The lowest BCUT2D eigenvalue weighted by molar-refractivity contribution is 0.218. The highest BCUT2D eigenvalue weighted by Gasteiger charge is 2.42. The normalized spacial score (nSPS) is 22.3. The summed E-state index contributed by atoms with van der Waals surface area (Å²) in [7, 11) is 3.92. The number of nitrogens with one attached hydrogen (secondary N) is 3. The predicted octanol–water partition coefficient (Wildman–Crippen LogP) is 2.70. The molecule has 2 unspecified atom stereocenters. The molecule has 0 spiro atoms. The number of anilines is 2. The quantitative estimate of drug-likeness (QED) is 0.544. The summed E-state index contributed by atoms with van der Waals surface area (Å²) >= 11 is 1.22. The van der Waals surface area contributed by atoms with Crippen LogP contribution in [0.2, 0.25) is 0 Å². The van der Waals surface area contributed by atoms with Crippen molar-refractivity contribution in [2.45, 2.75) is 25.4 Å². The van der Waals surface area contributed by atoms with Gasteiger partial charge in [0.25, 0.3) is 0 Å². The van der Waals surface area contributed by atoms with Crippen molar-refractivity contribution in [1.29, 1.82) is 5.26 Å². The van der Waals surface area contributed by atoms with Gasteiger partial charge in [-0.15, -0.1) is 0 Å². The summed E-state index contributed by atoms with van der Waals surface area (Å²) in [5, 5.41) is 17.5. The van der Waals surface area contributed by atoms with E-state index in [1.54, 1.807) is 6.20 Å². The summed E-state index contributed by atoms with van der Waals surface area (Å²) in [6, 6.07) is 4.37. The molecule has 0 aromatic carbocycles. The molecule has 1 aliphatic heterocycles. The van der Waals surface area contributed by atoms with E-state index in [1.807, 2.05) is 36.2 Å². The van der Waals surface area contributed by atoms with Gasteiger partial charge in [0.2, 0.25) is 5.13 Å². The zero-order valence-electron chi connectivity index (χ0n) is 18.0. The third-order valence-electron chi connectivity index (χ3n) is 6.23. The number of carbonyl (C=O) groups excluding carboxylic acids is 1. The van der Waals surface area contributed by atoms with Crippen molar-refractivity contribution in [1.82, 2.24) is 29.1 Å². The molecule has 1 aliphatic carbocycles. The minimum atomic E-state index is -0.105. The molecule has 3 aromatic heterocycles. The molecule has 11 heteroatoms. The third-order valence-corrected chi connectivity index (χ3v) is 6.90. The number of likely N-dealkylation sites (tertiary alicyclic amines) is 1. The number of urea groups is 1. The van der Waals surface area contributed by atoms with Crippen LogP contribution < -0.4 is 10.6 Å². The van der Waals surface area contributed by atoms with Gasteiger partial charge in [0.05, 0.1) is 17.8 Å². The first-order valence-corrected chi connectivity index (χ1v) is 11.4. The lowest BCUT2D eigenvalue weighted by Crippen LogP contribution is -2.34. The SMILES string of the molecule is CN(C)Cc1nsc(NC(=O)N2CC3CC(Nc4c(C#N)cnc5[nH]ccc45)C[C@@H]3C2)n1. The van der Waals surface area contributed by atoms with Crippen molar-refractivity contribution in [3.05, 3.63) is 29.8 Å². The van der Waals surface area contributed by atoms with E-state index in [1.165, 1.54) is 11.5 Å². The molecule has 0 bridgehead atoms. The molecule has 10 nitrogen and oxygen atoms in total. The molecule has 0 radical (unpaired) electrons. The zero-order chi connectivity index (χ0) is 22.2. The average Bonchev–Trinajstić information content (AvgIpc) is 3.51. The van der Waals surface area contributed by atoms with Crippen LogP contribution in [0.4, 0.5) is 15.6 Å². The van der Waals surface area contributed by atoms with E-state index in [4.69, 9.17) is 0 Å². The average molecular weight is 452 g/mol. The summed E-state index contributed by atoms with van der Waals surface area (Å²) in [5.41, 5.74) is 2.18. The molecule has 4 heterocycles. The third kappa shape index (κ3) is 3.99. The van der Waals surface area contributed by atoms with Crippen LogP contribution in [0, 0.1) is 23.2 Å². The number of aromatic amines is 1. The van der Waals surface area contributed by atoms with Gasteiger partial charge in [0.15, 0.2) is 5.82 Å². The fraction of sp³-hybridized carbons (Fsp3) is 0.476. The number of hydrogen-bond donors (Lipinski definition) is 3. The highest BCUT2D eigenvalue weighted by molar-refractivity contribution is 7.09. The van der Waals surface area contributed by atoms with E-state index in [0.29, 0.717) is 34.9 Å². The van der Waals surface area contributed by atoms with Gasteiger partial charge in [0, 0.05) is 48.4 Å². The number of carbonyl (C=O) groups is 1. The Balaban J connectivity index is 1.19. The Labute approximate surface area is 189 Å². The van der Waals surface area contributed by atoms with E-state index in [2.05, 4.69) is 36.0 Å². The number of pyridine rings is 1. The Morgan fingerprint density at radius 2 is 2.16 bits per heavy atom. The molecule has 1 saturated heterocycles. The summed E-state index contributed by atoms with van der Waals surface area (Å²) in [6.07, 6.45) is 5.39. The topological polar surface area (TPSA) is 126 Å². The van der Waals surface area contributed by atoms with Crippen molar-refractivity contribution in [2.75, 3.05) is 37.8 Å². The molecule has 32 heavy (non-hydrogen) atoms. The summed E-state index contributed by atoms with van der Waals surface area (Å²) < 4.78 is 4.29. The second-order valence-electron chi connectivity index (χ2n) is 8.82. The maximum atomic E-state index is 12.7. The van der Waals surface area contributed by atoms with Gasteiger partial charge in [-0.3, -0.25) is 5.32 Å². The fourth-order valence-electron chi connectivity index (χ4n) is 4.86. The number of rotatable bonds is 5. The molecule has 3 atom stereocenters. The number of nitriles is 1. The van der Waals surface area contributed by atoms with Gasteiger partial charge >= 0.3 is 6.03 Å². The molecule has 1 saturated carbocycles. The Kier molecular flexibility index (Phi) is 5.40. The molecule has 2 aliphatic rings. The van der Waals surface area contributed by atoms with Gasteiger partial charge in [0.1, 0.15) is 11.7 Å². The first-order valence-electron chi connectivity index (χ1n) is 10.7. The Morgan fingerprint density at radius 1 is 1.38 bits per heavy atom. The lowest BCUT2D eigenvalue weighted by Gasteiger charge is -2.21. The highest BCUT2D eigenvalue weighted by Crippen LogP contribution is 2.40. The molecular formula is C21H25N9OS. The van der Waals surface area contributed by atoms with Crippen LogP contribution in [0.25, 0.3) is 11.0 Å². The monoisotopic (exact) mass is 451 g/mol. The Bertz CT molecular complexity index is 1170. The standard InChI is InChI=1S/C21H25N9OS/c1-29(2)11-17-26-20(32-28-17)27-21(31)30-9-12-5-15(6-13(12)10-30)25-18-14(7-22)8-24-19-16(18)3-4-23-19/h3-4,8,12-13,15H,5-6,9-11H2,1-2H3,(H2,23,24,25)(H,26,27,28,31)/t12-,13?,15?/m1/s1. The van der Waals surface area contributed by atoms with Crippen LogP contribution in [0.15, 0.2) is 18.5 Å². The lowest BCUT2D eigenvalue weighted by atomic mass is 10.0. The fourth-order valence-corrected chi connectivity index (χ4v) is 5.43. The van der Waals surface area contributed by atoms with Crippen LogP contribution in [-0.2, 0) is 6.54 Å². The van der Waals surface area contributed by atoms with Crippen LogP contribution in [0.3, 0.4) is 0 Å². The smallest absolute Gasteiger partial charge is 0.323 e. The molecule has 2 amide bonds. The van der Waals surface area contributed by atoms with Crippen molar-refractivity contribution in [3.8, 4) is 6.07 Å². The van der Waals surface area contributed by atoms with E-state index >= 15 is 0 Å². The number of aromatic nitrogens is 4.